The molecule has 0 atom stereocenters. The summed E-state index contributed by atoms with van der Waals surface area (Å²) in [6.07, 6.45) is 1.74. The van der Waals surface area contributed by atoms with Crippen LogP contribution in [0.1, 0.15) is 0 Å². The molecule has 0 aromatic carbocycles. The van der Waals surface area contributed by atoms with Gasteiger partial charge < -0.3 is 5.32 Å². The van der Waals surface area contributed by atoms with E-state index >= 15 is 0 Å². The van der Waals surface area contributed by atoms with E-state index in [0.29, 0.717) is 0 Å². The molecule has 0 saturated carbocycles. The van der Waals surface area contributed by atoms with Gasteiger partial charge in [-0.2, -0.15) is 0 Å². The zero-order chi connectivity index (χ0) is 3.54. The number of hydrogen-bond donors (Lipinski definition) is 1. The topological polar surface area (TPSA) is 24.4 Å². The standard InChI is InChI=1S/C3H6N2.Ru/c1-2-5-3-4-1;/h3H,1-2H2,(H,4,5);. The van der Waals surface area contributed by atoms with Crippen molar-refractivity contribution in [2.24, 2.45) is 4.99 Å². The maximum absolute atomic E-state index is 3.85. The van der Waals surface area contributed by atoms with Crippen LogP contribution in [0.15, 0.2) is 4.99 Å². The van der Waals surface area contributed by atoms with E-state index in [1.165, 1.54) is 0 Å². The minimum absolute atomic E-state index is 0. The quantitative estimate of drug-likeness (QED) is 0.493. The predicted octanol–water partition coefficient (Wildman–Crippen LogP) is -0.385. The molecule has 1 aliphatic heterocycles. The first kappa shape index (κ1) is 6.09. The summed E-state index contributed by atoms with van der Waals surface area (Å²) in [5.41, 5.74) is 0. The molecule has 1 rings (SSSR count). The minimum atomic E-state index is 0. The maximum atomic E-state index is 3.85. The Balaban J connectivity index is 0.000000250. The van der Waals surface area contributed by atoms with Crippen molar-refractivity contribution < 1.29 is 19.5 Å². The monoisotopic (exact) mass is 172 g/mol. The third-order valence-electron chi connectivity index (χ3n) is 0.568. The minimum Gasteiger partial charge on any atom is -0.375 e. The Morgan fingerprint density at radius 1 is 1.67 bits per heavy atom. The molecule has 0 aromatic heterocycles. The SMILES string of the molecule is C1=NCCN1.[Ru]. The van der Waals surface area contributed by atoms with Gasteiger partial charge in [0.25, 0.3) is 0 Å². The molecule has 0 bridgehead atoms. The molecule has 0 aromatic rings. The van der Waals surface area contributed by atoms with Gasteiger partial charge in [0.2, 0.25) is 0 Å². The van der Waals surface area contributed by atoms with Crippen molar-refractivity contribution >= 4 is 6.34 Å². The van der Waals surface area contributed by atoms with Crippen LogP contribution in [0.25, 0.3) is 0 Å². The van der Waals surface area contributed by atoms with Crippen LogP contribution in [0, 0.1) is 0 Å². The smallest absolute Gasteiger partial charge is 0.0825 e. The molecule has 0 radical (unpaired) electrons. The van der Waals surface area contributed by atoms with Gasteiger partial charge in [0.05, 0.1) is 12.9 Å². The van der Waals surface area contributed by atoms with Crippen molar-refractivity contribution in [2.45, 2.75) is 0 Å². The number of rotatable bonds is 0. The van der Waals surface area contributed by atoms with Crippen molar-refractivity contribution in [1.82, 2.24) is 5.32 Å². The van der Waals surface area contributed by atoms with Crippen molar-refractivity contribution in [3.63, 3.8) is 0 Å². The number of hydrogen-bond acceptors (Lipinski definition) is 2. The van der Waals surface area contributed by atoms with Gasteiger partial charge in [0.15, 0.2) is 0 Å². The number of nitrogens with zero attached hydrogens (tertiary/aromatic N) is 1. The van der Waals surface area contributed by atoms with E-state index in [9.17, 15) is 0 Å². The predicted molar refractivity (Wildman–Crippen MR) is 21.4 cm³/mol. The van der Waals surface area contributed by atoms with Gasteiger partial charge in [-0.05, 0) is 0 Å². The van der Waals surface area contributed by atoms with Crippen LogP contribution >= 0.6 is 0 Å². The summed E-state index contributed by atoms with van der Waals surface area (Å²) in [7, 11) is 0. The summed E-state index contributed by atoms with van der Waals surface area (Å²) in [4.78, 5) is 3.85. The molecule has 6 heavy (non-hydrogen) atoms. The summed E-state index contributed by atoms with van der Waals surface area (Å²) in [6, 6.07) is 0. The van der Waals surface area contributed by atoms with Gasteiger partial charge in [-0.15, -0.1) is 0 Å². The molecule has 0 aliphatic carbocycles. The van der Waals surface area contributed by atoms with Crippen LogP contribution in [-0.2, 0) is 19.5 Å². The second-order valence-corrected chi connectivity index (χ2v) is 0.989. The normalized spacial score (nSPS) is 16.0. The van der Waals surface area contributed by atoms with Gasteiger partial charge in [0.1, 0.15) is 0 Å². The van der Waals surface area contributed by atoms with E-state index < -0.39 is 0 Å². The summed E-state index contributed by atoms with van der Waals surface area (Å²) in [5.74, 6) is 0. The fourth-order valence-electron chi connectivity index (χ4n) is 0.323. The third-order valence-corrected chi connectivity index (χ3v) is 0.568. The zero-order valence-corrected chi connectivity index (χ0v) is 5.03. The average molecular weight is 171 g/mol. The van der Waals surface area contributed by atoms with Crippen molar-refractivity contribution in [2.75, 3.05) is 13.1 Å². The molecule has 1 aliphatic rings. The van der Waals surface area contributed by atoms with Crippen molar-refractivity contribution in [1.29, 1.82) is 0 Å². The second kappa shape index (κ2) is 3.29. The van der Waals surface area contributed by atoms with E-state index in [-0.39, 0.29) is 19.5 Å². The van der Waals surface area contributed by atoms with Gasteiger partial charge in [-0.3, -0.25) is 4.99 Å². The van der Waals surface area contributed by atoms with Crippen molar-refractivity contribution in [3.8, 4) is 0 Å². The molecule has 0 spiro atoms. The van der Waals surface area contributed by atoms with Crippen molar-refractivity contribution in [3.05, 3.63) is 0 Å². The van der Waals surface area contributed by atoms with Crippen LogP contribution in [-0.4, -0.2) is 19.4 Å². The van der Waals surface area contributed by atoms with E-state index in [2.05, 4.69) is 10.3 Å². The molecular weight excluding hydrogens is 165 g/mol. The molecule has 0 saturated heterocycles. The molecule has 0 amide bonds. The Labute approximate surface area is 49.8 Å². The molecule has 3 heteroatoms. The summed E-state index contributed by atoms with van der Waals surface area (Å²) in [6.45, 7) is 1.99. The second-order valence-electron chi connectivity index (χ2n) is 0.989. The number of aliphatic imine (C=N–C) groups is 1. The molecule has 36 valence electrons. The van der Waals surface area contributed by atoms with Crippen LogP contribution in [0.3, 0.4) is 0 Å². The first-order valence-electron chi connectivity index (χ1n) is 1.72. The van der Waals surface area contributed by atoms with Crippen LogP contribution in [0.2, 0.25) is 0 Å². The Bertz CT molecular complexity index is 46.8. The number of nitrogens with one attached hydrogen (secondary N) is 1. The maximum Gasteiger partial charge on any atom is 0.0825 e. The van der Waals surface area contributed by atoms with Gasteiger partial charge in [-0.1, -0.05) is 0 Å². The fraction of sp³-hybridized carbons (Fsp3) is 0.667. The summed E-state index contributed by atoms with van der Waals surface area (Å²) < 4.78 is 0. The molecular formula is C3H6N2Ru. The summed E-state index contributed by atoms with van der Waals surface area (Å²) >= 11 is 0. The first-order chi connectivity index (χ1) is 2.50. The average Bonchev–Trinajstić information content (AvgIpc) is 1.76. The van der Waals surface area contributed by atoms with E-state index in [1.54, 1.807) is 6.34 Å². The molecule has 0 unspecified atom stereocenters. The van der Waals surface area contributed by atoms with Crippen LogP contribution in [0.4, 0.5) is 0 Å². The third kappa shape index (κ3) is 1.51. The summed E-state index contributed by atoms with van der Waals surface area (Å²) in [5, 5.41) is 2.93. The van der Waals surface area contributed by atoms with Gasteiger partial charge >= 0.3 is 0 Å². The molecule has 1 N–H and O–H groups in total. The Hall–Kier alpha value is 0.0934. The Kier molecular flexibility index (Phi) is 3.34. The van der Waals surface area contributed by atoms with Gasteiger partial charge in [-0.25, -0.2) is 0 Å². The van der Waals surface area contributed by atoms with E-state index in [0.717, 1.165) is 13.1 Å². The molecule has 0 fully saturated rings. The van der Waals surface area contributed by atoms with E-state index in [4.69, 9.17) is 0 Å². The molecule has 2 nitrogen and oxygen atoms in total. The van der Waals surface area contributed by atoms with Crippen LogP contribution in [0.5, 0.6) is 0 Å². The first-order valence-corrected chi connectivity index (χ1v) is 1.72. The van der Waals surface area contributed by atoms with Crippen LogP contribution < -0.4 is 5.32 Å². The Morgan fingerprint density at radius 2 is 2.50 bits per heavy atom. The zero-order valence-electron chi connectivity index (χ0n) is 3.29. The molecule has 1 heterocycles. The fourth-order valence-corrected chi connectivity index (χ4v) is 0.323. The van der Waals surface area contributed by atoms with Gasteiger partial charge in [0, 0.05) is 26.0 Å². The largest absolute Gasteiger partial charge is 0.375 e. The van der Waals surface area contributed by atoms with E-state index in [1.807, 2.05) is 0 Å². The Morgan fingerprint density at radius 3 is 2.67 bits per heavy atom.